The van der Waals surface area contributed by atoms with Crippen LogP contribution in [0.25, 0.3) is 20.4 Å². The predicted octanol–water partition coefficient (Wildman–Crippen LogP) is 7.70. The summed E-state index contributed by atoms with van der Waals surface area (Å²) in [7, 11) is -5.67. The van der Waals surface area contributed by atoms with Crippen molar-refractivity contribution in [2.45, 2.75) is 52.6 Å². The SMILES string of the molecule is CC(C)c1nc2ccc(N(Cc3ccc(C(=O)CN)cc3)S(C)(=O)=O)cc2s1.COC(=O)c1ccc(CN(c2ccc3nc(C(C)C)sc3c2)S(C)(=O)=O)cc1. The maximum Gasteiger partial charge on any atom is 0.337 e. The van der Waals surface area contributed by atoms with Crippen LogP contribution in [0.1, 0.15) is 81.4 Å². The van der Waals surface area contributed by atoms with Crippen LogP contribution in [0.4, 0.5) is 11.4 Å². The number of Topliss-reactive ketones (excluding diaryl/α,β-unsaturated/α-hetero) is 1. The van der Waals surface area contributed by atoms with Gasteiger partial charge < -0.3 is 10.5 Å². The lowest BCUT2D eigenvalue weighted by atomic mass is 10.1. The molecule has 6 rings (SSSR count). The van der Waals surface area contributed by atoms with Crippen LogP contribution in [0.5, 0.6) is 0 Å². The zero-order valence-electron chi connectivity index (χ0n) is 32.2. The first-order valence-corrected chi connectivity index (χ1v) is 23.0. The number of anilines is 2. The lowest BCUT2D eigenvalue weighted by Gasteiger charge is -2.22. The highest BCUT2D eigenvalue weighted by Gasteiger charge is 2.21. The third-order valence-corrected chi connectivity index (χ3v) is 13.5. The highest BCUT2D eigenvalue weighted by Crippen LogP contribution is 2.33. The molecular weight excluding hydrogens is 791 g/mol. The second kappa shape index (κ2) is 17.6. The number of carbonyl (C=O) groups excluding carboxylic acids is 2. The standard InChI is InChI=1S/C20H23N3O3S2.C20H22N2O4S2/c1-13(2)20-22-17-9-8-16(10-19(17)27-20)23(28(3,25)26)12-14-4-6-15(7-5-14)18(24)11-21;1-13(2)19-21-17-10-9-16(11-18(17)27-19)22(28(4,24)25)12-14-5-7-15(8-6-14)20(23)26-3/h4-10,13H,11-12,21H2,1-3H3;5-11,13H,12H2,1-4H3. The van der Waals surface area contributed by atoms with Gasteiger partial charge in [0.25, 0.3) is 0 Å². The fraction of sp³-hybridized carbons (Fsp3) is 0.300. The maximum atomic E-state index is 12.5. The molecule has 0 radical (unpaired) electrons. The molecule has 0 bridgehead atoms. The van der Waals surface area contributed by atoms with E-state index < -0.39 is 26.0 Å². The van der Waals surface area contributed by atoms with Crippen molar-refractivity contribution in [2.24, 2.45) is 5.73 Å². The molecule has 16 heteroatoms. The van der Waals surface area contributed by atoms with Gasteiger partial charge in [0, 0.05) is 17.4 Å². The molecule has 0 aliphatic rings. The summed E-state index contributed by atoms with van der Waals surface area (Å²) in [6.07, 6.45) is 2.38. The number of nitrogens with two attached hydrogens (primary N) is 1. The van der Waals surface area contributed by atoms with Crippen molar-refractivity contribution in [1.82, 2.24) is 9.97 Å². The van der Waals surface area contributed by atoms with Crippen LogP contribution in [0.2, 0.25) is 0 Å². The molecule has 4 aromatic carbocycles. The van der Waals surface area contributed by atoms with E-state index in [9.17, 15) is 26.4 Å². The van der Waals surface area contributed by atoms with Gasteiger partial charge in [-0.2, -0.15) is 0 Å². The summed E-state index contributed by atoms with van der Waals surface area (Å²) in [6.45, 7) is 8.63. The first kappa shape index (κ1) is 42.4. The summed E-state index contributed by atoms with van der Waals surface area (Å²) in [5.74, 6) is 0.0630. The van der Waals surface area contributed by atoms with Crippen molar-refractivity contribution in [2.75, 3.05) is 34.8 Å². The van der Waals surface area contributed by atoms with Gasteiger partial charge in [0.1, 0.15) is 0 Å². The Labute approximate surface area is 336 Å². The Balaban J connectivity index is 0.000000214. The summed E-state index contributed by atoms with van der Waals surface area (Å²) in [6, 6.07) is 24.6. The van der Waals surface area contributed by atoms with Crippen LogP contribution in [0, 0.1) is 0 Å². The summed E-state index contributed by atoms with van der Waals surface area (Å²) >= 11 is 3.16. The highest BCUT2D eigenvalue weighted by atomic mass is 32.2. The topological polar surface area (TPSA) is 170 Å². The molecule has 2 heterocycles. The largest absolute Gasteiger partial charge is 0.465 e. The summed E-state index contributed by atoms with van der Waals surface area (Å²) in [4.78, 5) is 32.4. The molecule has 0 amide bonds. The molecule has 0 spiro atoms. The van der Waals surface area contributed by atoms with E-state index >= 15 is 0 Å². The lowest BCUT2D eigenvalue weighted by Crippen LogP contribution is -2.29. The quantitative estimate of drug-likeness (QED) is 0.0899. The van der Waals surface area contributed by atoms with E-state index in [1.807, 2.05) is 24.3 Å². The van der Waals surface area contributed by atoms with Gasteiger partial charge in [0.05, 0.1) is 86.6 Å². The smallest absolute Gasteiger partial charge is 0.337 e. The van der Waals surface area contributed by atoms with Gasteiger partial charge in [-0.25, -0.2) is 31.6 Å². The minimum atomic E-state index is -3.50. The van der Waals surface area contributed by atoms with Crippen LogP contribution < -0.4 is 14.3 Å². The second-order valence-electron chi connectivity index (χ2n) is 13.8. The zero-order chi connectivity index (χ0) is 40.9. The highest BCUT2D eigenvalue weighted by molar-refractivity contribution is 7.92. The Morgan fingerprint density at radius 1 is 0.661 bits per heavy atom. The normalized spacial score (nSPS) is 11.8. The summed E-state index contributed by atoms with van der Waals surface area (Å²) < 4.78 is 59.1. The molecule has 0 atom stereocenters. The zero-order valence-corrected chi connectivity index (χ0v) is 35.5. The predicted molar refractivity (Wildman–Crippen MR) is 227 cm³/mol. The van der Waals surface area contributed by atoms with Gasteiger partial charge in [-0.05, 0) is 59.7 Å². The number of esters is 1. The monoisotopic (exact) mass is 835 g/mol. The Bertz CT molecular complexity index is 2390. The molecule has 2 aromatic heterocycles. The Hall–Kier alpha value is -4.74. The number of methoxy groups -OCH3 is 1. The Morgan fingerprint density at radius 3 is 1.39 bits per heavy atom. The second-order valence-corrected chi connectivity index (χ2v) is 19.7. The molecule has 0 saturated carbocycles. The molecule has 0 unspecified atom stereocenters. The van der Waals surface area contributed by atoms with Crippen LogP contribution in [0.15, 0.2) is 84.9 Å². The molecule has 296 valence electrons. The molecule has 0 saturated heterocycles. The number of rotatable bonds is 13. The van der Waals surface area contributed by atoms with E-state index in [2.05, 4.69) is 37.7 Å². The number of aromatic nitrogens is 2. The molecule has 6 aromatic rings. The van der Waals surface area contributed by atoms with Gasteiger partial charge in [-0.3, -0.25) is 13.4 Å². The third kappa shape index (κ3) is 10.4. The first-order valence-electron chi connectivity index (χ1n) is 17.6. The summed E-state index contributed by atoms with van der Waals surface area (Å²) in [5, 5.41) is 2.05. The Morgan fingerprint density at radius 2 is 1.05 bits per heavy atom. The molecule has 56 heavy (non-hydrogen) atoms. The average Bonchev–Trinajstić information content (AvgIpc) is 3.80. The molecule has 0 aliphatic carbocycles. The van der Waals surface area contributed by atoms with Crippen LogP contribution in [0.3, 0.4) is 0 Å². The number of benzene rings is 4. The van der Waals surface area contributed by atoms with Gasteiger partial charge in [0.15, 0.2) is 5.78 Å². The molecule has 2 N–H and O–H groups in total. The average molecular weight is 836 g/mol. The number of nitrogens with zero attached hydrogens (tertiary/aromatic N) is 4. The van der Waals surface area contributed by atoms with Gasteiger partial charge in [-0.1, -0.05) is 64.1 Å². The van der Waals surface area contributed by atoms with Crippen molar-refractivity contribution < 1.29 is 31.2 Å². The first-order chi connectivity index (χ1) is 26.4. The molecule has 0 aliphatic heterocycles. The van der Waals surface area contributed by atoms with E-state index in [1.54, 1.807) is 83.3 Å². The number of carbonyl (C=O) groups is 2. The number of sulfonamides is 2. The van der Waals surface area contributed by atoms with Crippen LogP contribution >= 0.6 is 22.7 Å². The summed E-state index contributed by atoms with van der Waals surface area (Å²) in [5.41, 5.74) is 10.8. The number of ketones is 1. The van der Waals surface area contributed by atoms with Crippen molar-refractivity contribution in [3.05, 3.63) is 117 Å². The Kier molecular flexibility index (Phi) is 13.3. The third-order valence-electron chi connectivity index (χ3n) is 8.63. The van der Waals surface area contributed by atoms with E-state index in [4.69, 9.17) is 10.5 Å². The van der Waals surface area contributed by atoms with Gasteiger partial charge in [0.2, 0.25) is 20.0 Å². The van der Waals surface area contributed by atoms with E-state index in [1.165, 1.54) is 28.2 Å². The van der Waals surface area contributed by atoms with Crippen molar-refractivity contribution in [3.63, 3.8) is 0 Å². The fourth-order valence-corrected chi connectivity index (χ4v) is 9.34. The number of hydrogen-bond donors (Lipinski definition) is 1. The van der Waals surface area contributed by atoms with Crippen molar-refractivity contribution in [3.8, 4) is 0 Å². The van der Waals surface area contributed by atoms with Crippen molar-refractivity contribution in [1.29, 1.82) is 0 Å². The number of ether oxygens (including phenoxy) is 1. The molecule has 0 fully saturated rings. The van der Waals surface area contributed by atoms with Gasteiger partial charge in [-0.15, -0.1) is 22.7 Å². The molecule has 12 nitrogen and oxygen atoms in total. The van der Waals surface area contributed by atoms with Crippen LogP contribution in [-0.4, -0.2) is 64.7 Å². The maximum absolute atomic E-state index is 12.5. The minimum absolute atomic E-state index is 0.0535. The van der Waals surface area contributed by atoms with E-state index in [0.717, 1.165) is 41.6 Å². The van der Waals surface area contributed by atoms with E-state index in [0.29, 0.717) is 34.3 Å². The molecular formula is C40H45N5O7S4. The van der Waals surface area contributed by atoms with Crippen molar-refractivity contribution >= 4 is 86.3 Å². The van der Waals surface area contributed by atoms with E-state index in [-0.39, 0.29) is 25.4 Å². The van der Waals surface area contributed by atoms with Gasteiger partial charge >= 0.3 is 5.97 Å². The minimum Gasteiger partial charge on any atom is -0.465 e. The number of fused-ring (bicyclic) bond motifs is 2. The fourth-order valence-electron chi connectivity index (χ4n) is 5.58. The lowest BCUT2D eigenvalue weighted by molar-refractivity contribution is 0.0600. The number of thiazole rings is 2. The van der Waals surface area contributed by atoms with Crippen LogP contribution in [-0.2, 0) is 37.9 Å². The number of hydrogen-bond acceptors (Lipinski definition) is 12.